The van der Waals surface area contributed by atoms with Crippen LogP contribution < -0.4 is 4.72 Å². The Balaban J connectivity index is 1.92. The van der Waals surface area contributed by atoms with E-state index in [4.69, 9.17) is 0 Å². The number of aryl methyl sites for hydroxylation is 1. The van der Waals surface area contributed by atoms with Crippen molar-refractivity contribution in [3.63, 3.8) is 0 Å². The van der Waals surface area contributed by atoms with Crippen LogP contribution in [0.5, 0.6) is 0 Å². The van der Waals surface area contributed by atoms with Crippen LogP contribution in [0, 0.1) is 6.92 Å². The van der Waals surface area contributed by atoms with E-state index < -0.39 is 10.0 Å². The highest BCUT2D eigenvalue weighted by atomic mass is 32.2. The van der Waals surface area contributed by atoms with Crippen molar-refractivity contribution in [3.8, 4) is 0 Å². The van der Waals surface area contributed by atoms with E-state index >= 15 is 0 Å². The Kier molecular flexibility index (Phi) is 5.06. The molecule has 27 heavy (non-hydrogen) atoms. The van der Waals surface area contributed by atoms with Crippen molar-refractivity contribution < 1.29 is 18.0 Å². The van der Waals surface area contributed by atoms with Gasteiger partial charge in [0.25, 0.3) is 10.0 Å². The highest BCUT2D eigenvalue weighted by molar-refractivity contribution is 7.92. The van der Waals surface area contributed by atoms with E-state index in [0.717, 1.165) is 16.7 Å². The van der Waals surface area contributed by atoms with Gasteiger partial charge in [0, 0.05) is 25.6 Å². The van der Waals surface area contributed by atoms with Crippen molar-refractivity contribution in [2.45, 2.75) is 38.6 Å². The van der Waals surface area contributed by atoms with Crippen LogP contribution in [-0.4, -0.2) is 31.6 Å². The Morgan fingerprint density at radius 2 is 1.78 bits per heavy atom. The lowest BCUT2D eigenvalue weighted by Crippen LogP contribution is -2.34. The number of benzene rings is 2. The SMILES string of the molecule is CC(=O)c1ccc(C)c(NS(=O)(=O)c2ccc3c(c2)CN(C(C)=O)CC3)c1. The molecule has 0 fully saturated rings. The van der Waals surface area contributed by atoms with Gasteiger partial charge in [-0.05, 0) is 55.2 Å². The molecule has 142 valence electrons. The van der Waals surface area contributed by atoms with E-state index in [-0.39, 0.29) is 16.6 Å². The lowest BCUT2D eigenvalue weighted by atomic mass is 10.00. The average Bonchev–Trinajstić information content (AvgIpc) is 2.62. The van der Waals surface area contributed by atoms with Gasteiger partial charge in [-0.25, -0.2) is 8.42 Å². The van der Waals surface area contributed by atoms with Crippen LogP contribution in [-0.2, 0) is 27.8 Å². The maximum absolute atomic E-state index is 12.9. The topological polar surface area (TPSA) is 83.6 Å². The third-order valence-electron chi connectivity index (χ3n) is 4.83. The highest BCUT2D eigenvalue weighted by Crippen LogP contribution is 2.25. The Bertz CT molecular complexity index is 1030. The number of carbonyl (C=O) groups excluding carboxylic acids is 2. The number of anilines is 1. The van der Waals surface area contributed by atoms with Gasteiger partial charge < -0.3 is 4.90 Å². The Morgan fingerprint density at radius 3 is 2.44 bits per heavy atom. The first-order valence-electron chi connectivity index (χ1n) is 8.69. The van der Waals surface area contributed by atoms with Crippen molar-refractivity contribution in [1.82, 2.24) is 4.90 Å². The summed E-state index contributed by atoms with van der Waals surface area (Å²) in [6.07, 6.45) is 0.711. The average molecular weight is 386 g/mol. The maximum Gasteiger partial charge on any atom is 0.261 e. The van der Waals surface area contributed by atoms with Crippen LogP contribution >= 0.6 is 0 Å². The summed E-state index contributed by atoms with van der Waals surface area (Å²) in [5.41, 5.74) is 3.45. The molecule has 0 spiro atoms. The molecule has 0 bridgehead atoms. The molecule has 0 radical (unpaired) electrons. The first-order valence-corrected chi connectivity index (χ1v) is 10.2. The lowest BCUT2D eigenvalue weighted by molar-refractivity contribution is -0.129. The zero-order valence-corrected chi connectivity index (χ0v) is 16.4. The fourth-order valence-electron chi connectivity index (χ4n) is 3.12. The van der Waals surface area contributed by atoms with Gasteiger partial charge in [-0.3, -0.25) is 14.3 Å². The number of carbonyl (C=O) groups is 2. The second-order valence-electron chi connectivity index (χ2n) is 6.81. The Morgan fingerprint density at radius 1 is 1.04 bits per heavy atom. The van der Waals surface area contributed by atoms with E-state index in [2.05, 4.69) is 4.72 Å². The molecule has 0 aliphatic carbocycles. The zero-order chi connectivity index (χ0) is 19.8. The monoisotopic (exact) mass is 386 g/mol. The maximum atomic E-state index is 12.9. The molecule has 1 aliphatic rings. The van der Waals surface area contributed by atoms with E-state index in [9.17, 15) is 18.0 Å². The van der Waals surface area contributed by atoms with Gasteiger partial charge in [-0.1, -0.05) is 18.2 Å². The Hall–Kier alpha value is -2.67. The van der Waals surface area contributed by atoms with E-state index in [1.807, 2.05) is 0 Å². The van der Waals surface area contributed by atoms with Crippen molar-refractivity contribution in [3.05, 3.63) is 58.7 Å². The first-order chi connectivity index (χ1) is 12.7. The molecule has 1 amide bonds. The minimum Gasteiger partial charge on any atom is -0.338 e. The van der Waals surface area contributed by atoms with E-state index in [1.54, 1.807) is 48.2 Å². The van der Waals surface area contributed by atoms with Gasteiger partial charge >= 0.3 is 0 Å². The van der Waals surface area contributed by atoms with Gasteiger partial charge in [0.2, 0.25) is 5.91 Å². The van der Waals surface area contributed by atoms with Crippen molar-refractivity contribution in [2.75, 3.05) is 11.3 Å². The zero-order valence-electron chi connectivity index (χ0n) is 15.6. The predicted molar refractivity (Wildman–Crippen MR) is 103 cm³/mol. The fraction of sp³-hybridized carbons (Fsp3) is 0.300. The van der Waals surface area contributed by atoms with Crippen LogP contribution in [0.3, 0.4) is 0 Å². The second kappa shape index (κ2) is 7.15. The van der Waals surface area contributed by atoms with Crippen LogP contribution in [0.2, 0.25) is 0 Å². The third-order valence-corrected chi connectivity index (χ3v) is 6.20. The molecule has 1 aliphatic heterocycles. The van der Waals surface area contributed by atoms with Gasteiger partial charge in [0.15, 0.2) is 5.78 Å². The summed E-state index contributed by atoms with van der Waals surface area (Å²) in [6, 6.07) is 9.94. The van der Waals surface area contributed by atoms with Crippen LogP contribution in [0.1, 0.15) is 40.9 Å². The number of hydrogen-bond acceptors (Lipinski definition) is 4. The molecule has 0 saturated carbocycles. The van der Waals surface area contributed by atoms with Crippen molar-refractivity contribution in [2.24, 2.45) is 0 Å². The summed E-state index contributed by atoms with van der Waals surface area (Å²) >= 11 is 0. The fourth-order valence-corrected chi connectivity index (χ4v) is 4.30. The van der Waals surface area contributed by atoms with Crippen molar-refractivity contribution >= 4 is 27.4 Å². The summed E-state index contributed by atoms with van der Waals surface area (Å²) in [5.74, 6) is -0.155. The molecule has 0 saturated heterocycles. The molecule has 0 unspecified atom stereocenters. The smallest absolute Gasteiger partial charge is 0.261 e. The molecule has 1 heterocycles. The first kappa shape index (κ1) is 19.1. The summed E-state index contributed by atoms with van der Waals surface area (Å²) < 4.78 is 28.3. The van der Waals surface area contributed by atoms with Gasteiger partial charge in [-0.15, -0.1) is 0 Å². The summed E-state index contributed by atoms with van der Waals surface area (Å²) in [6.45, 7) is 5.78. The molecular weight excluding hydrogens is 364 g/mol. The normalized spacial score (nSPS) is 13.8. The molecular formula is C20H22N2O4S. The van der Waals surface area contributed by atoms with E-state index in [0.29, 0.717) is 30.8 Å². The standard InChI is InChI=1S/C20H22N2O4S/c1-13-4-5-17(14(2)23)11-20(13)21-27(25,26)19-7-6-16-8-9-22(15(3)24)12-18(16)10-19/h4-7,10-11,21H,8-9,12H2,1-3H3. The largest absolute Gasteiger partial charge is 0.338 e. The quantitative estimate of drug-likeness (QED) is 0.819. The third kappa shape index (κ3) is 4.03. The molecule has 3 rings (SSSR count). The molecule has 0 aromatic heterocycles. The number of rotatable bonds is 4. The Labute approximate surface area is 159 Å². The number of amides is 1. The minimum absolute atomic E-state index is 0.0243. The molecule has 0 atom stereocenters. The minimum atomic E-state index is -3.81. The number of ketones is 1. The van der Waals surface area contributed by atoms with Crippen LogP contribution in [0.4, 0.5) is 5.69 Å². The molecule has 6 nitrogen and oxygen atoms in total. The van der Waals surface area contributed by atoms with E-state index in [1.165, 1.54) is 13.8 Å². The molecule has 2 aromatic rings. The number of hydrogen-bond donors (Lipinski definition) is 1. The number of Topliss-reactive ketones (excluding diaryl/α,β-unsaturated/α-hetero) is 1. The predicted octanol–water partition coefficient (Wildman–Crippen LogP) is 2.90. The van der Waals surface area contributed by atoms with Gasteiger partial charge in [-0.2, -0.15) is 0 Å². The highest BCUT2D eigenvalue weighted by Gasteiger charge is 2.22. The number of nitrogens with one attached hydrogen (secondary N) is 1. The molecule has 1 N–H and O–H groups in total. The van der Waals surface area contributed by atoms with Gasteiger partial charge in [0.05, 0.1) is 10.6 Å². The second-order valence-corrected chi connectivity index (χ2v) is 8.49. The summed E-state index contributed by atoms with van der Waals surface area (Å²) in [4.78, 5) is 25.0. The molecule has 2 aromatic carbocycles. The summed E-state index contributed by atoms with van der Waals surface area (Å²) in [7, 11) is -3.81. The summed E-state index contributed by atoms with van der Waals surface area (Å²) in [5, 5.41) is 0. The molecule has 7 heteroatoms. The number of sulfonamides is 1. The number of nitrogens with zero attached hydrogens (tertiary/aromatic N) is 1. The van der Waals surface area contributed by atoms with Crippen LogP contribution in [0.25, 0.3) is 0 Å². The van der Waals surface area contributed by atoms with Gasteiger partial charge in [0.1, 0.15) is 0 Å². The number of fused-ring (bicyclic) bond motifs is 1. The van der Waals surface area contributed by atoms with Crippen molar-refractivity contribution in [1.29, 1.82) is 0 Å². The lowest BCUT2D eigenvalue weighted by Gasteiger charge is -2.28. The van der Waals surface area contributed by atoms with Crippen LogP contribution in [0.15, 0.2) is 41.3 Å².